The summed E-state index contributed by atoms with van der Waals surface area (Å²) in [5, 5.41) is 19.8. The van der Waals surface area contributed by atoms with Crippen LogP contribution in [0.2, 0.25) is 0 Å². The molecule has 22 heavy (non-hydrogen) atoms. The molecule has 1 aliphatic rings. The molecule has 1 rings (SSSR count). The largest absolute Gasteiger partial charge is 0.481 e. The maximum absolute atomic E-state index is 12.1. The van der Waals surface area contributed by atoms with Crippen molar-refractivity contribution in [2.45, 2.75) is 51.4 Å². The molecule has 2 unspecified atom stereocenters. The number of hydrogen-bond acceptors (Lipinski definition) is 2. The molecule has 122 valence electrons. The zero-order valence-electron chi connectivity index (χ0n) is 13.1. The van der Waals surface area contributed by atoms with Crippen molar-refractivity contribution < 1.29 is 19.8 Å². The monoisotopic (exact) mass is 306 g/mol. The van der Waals surface area contributed by atoms with Gasteiger partial charge in [-0.15, -0.1) is 13.2 Å². The van der Waals surface area contributed by atoms with Crippen LogP contribution in [-0.2, 0) is 9.59 Å². The number of rotatable bonds is 10. The Kier molecular flexibility index (Phi) is 6.60. The summed E-state index contributed by atoms with van der Waals surface area (Å²) in [6, 6.07) is 0. The lowest BCUT2D eigenvalue weighted by molar-refractivity contribution is -0.177. The molecule has 0 radical (unpaired) electrons. The molecular weight excluding hydrogens is 280 g/mol. The van der Waals surface area contributed by atoms with Gasteiger partial charge in [0.1, 0.15) is 0 Å². The Morgan fingerprint density at radius 1 is 0.909 bits per heavy atom. The third kappa shape index (κ3) is 3.32. The van der Waals surface area contributed by atoms with Crippen molar-refractivity contribution in [3.05, 3.63) is 37.5 Å². The minimum Gasteiger partial charge on any atom is -0.481 e. The van der Waals surface area contributed by atoms with Crippen molar-refractivity contribution in [2.24, 2.45) is 10.8 Å². The minimum absolute atomic E-state index is 0.278. The van der Waals surface area contributed by atoms with E-state index in [1.165, 1.54) is 0 Å². The van der Waals surface area contributed by atoms with Gasteiger partial charge in [0.25, 0.3) is 0 Å². The van der Waals surface area contributed by atoms with Crippen LogP contribution < -0.4 is 0 Å². The smallest absolute Gasteiger partial charge is 0.311 e. The lowest BCUT2D eigenvalue weighted by Crippen LogP contribution is -2.53. The summed E-state index contributed by atoms with van der Waals surface area (Å²) in [5.74, 6) is -2.00. The number of carboxylic acids is 2. The van der Waals surface area contributed by atoms with Gasteiger partial charge in [0.05, 0.1) is 10.8 Å². The van der Waals surface area contributed by atoms with E-state index in [9.17, 15) is 19.8 Å². The van der Waals surface area contributed by atoms with Crippen molar-refractivity contribution in [3.8, 4) is 0 Å². The second kappa shape index (κ2) is 7.97. The third-order valence-electron chi connectivity index (χ3n) is 4.86. The van der Waals surface area contributed by atoms with Gasteiger partial charge in [-0.25, -0.2) is 0 Å². The minimum atomic E-state index is -1.24. The summed E-state index contributed by atoms with van der Waals surface area (Å²) in [6.07, 6.45) is 11.1. The summed E-state index contributed by atoms with van der Waals surface area (Å²) in [4.78, 5) is 24.2. The van der Waals surface area contributed by atoms with Gasteiger partial charge < -0.3 is 10.2 Å². The second-order valence-corrected chi connectivity index (χ2v) is 6.02. The van der Waals surface area contributed by atoms with E-state index in [0.717, 1.165) is 0 Å². The molecule has 0 aromatic heterocycles. The lowest BCUT2D eigenvalue weighted by Gasteiger charge is -2.46. The first-order valence-corrected chi connectivity index (χ1v) is 7.80. The first-order chi connectivity index (χ1) is 10.5. The molecule has 0 bridgehead atoms. The van der Waals surface area contributed by atoms with Gasteiger partial charge in [-0.05, 0) is 51.4 Å². The summed E-state index contributed by atoms with van der Waals surface area (Å²) >= 11 is 0. The molecule has 0 aromatic carbocycles. The highest BCUT2D eigenvalue weighted by Crippen LogP contribution is 2.55. The maximum Gasteiger partial charge on any atom is 0.311 e. The van der Waals surface area contributed by atoms with Crippen molar-refractivity contribution in [1.29, 1.82) is 0 Å². The molecule has 4 nitrogen and oxygen atoms in total. The Morgan fingerprint density at radius 3 is 1.55 bits per heavy atom. The highest BCUT2D eigenvalue weighted by Gasteiger charge is 2.60. The molecule has 2 atom stereocenters. The quantitative estimate of drug-likeness (QED) is 0.469. The van der Waals surface area contributed by atoms with E-state index in [4.69, 9.17) is 0 Å². The van der Waals surface area contributed by atoms with Crippen LogP contribution in [0.3, 0.4) is 0 Å². The predicted molar refractivity (Wildman–Crippen MR) is 86.6 cm³/mol. The summed E-state index contributed by atoms with van der Waals surface area (Å²) < 4.78 is 0. The Bertz CT molecular complexity index is 424. The zero-order chi connectivity index (χ0) is 16.6. The molecule has 0 saturated heterocycles. The van der Waals surface area contributed by atoms with Gasteiger partial charge in [-0.2, -0.15) is 0 Å². The molecule has 0 heterocycles. The fraction of sp³-hybridized carbons (Fsp3) is 0.556. The van der Waals surface area contributed by atoms with Crippen LogP contribution in [0, 0.1) is 10.8 Å². The molecule has 4 heteroatoms. The van der Waals surface area contributed by atoms with Crippen molar-refractivity contribution in [2.75, 3.05) is 0 Å². The van der Waals surface area contributed by atoms with Gasteiger partial charge >= 0.3 is 11.9 Å². The molecular formula is C18H26O4. The van der Waals surface area contributed by atoms with Crippen molar-refractivity contribution in [3.63, 3.8) is 0 Å². The molecule has 1 aliphatic carbocycles. The van der Waals surface area contributed by atoms with Crippen LogP contribution in [-0.4, -0.2) is 22.2 Å². The van der Waals surface area contributed by atoms with Crippen molar-refractivity contribution >= 4 is 11.9 Å². The van der Waals surface area contributed by atoms with E-state index in [2.05, 4.69) is 13.2 Å². The van der Waals surface area contributed by atoms with E-state index < -0.39 is 22.8 Å². The number of carboxylic acid groups (broad SMARTS) is 2. The SMILES string of the molecule is C=CCCCC1(C(=O)O)CC=CCC1(CCCC=C)C(=O)O. The Labute approximate surface area is 132 Å². The third-order valence-corrected chi connectivity index (χ3v) is 4.86. The van der Waals surface area contributed by atoms with Crippen LogP contribution in [0.15, 0.2) is 37.5 Å². The number of aliphatic carboxylic acids is 2. The van der Waals surface area contributed by atoms with Gasteiger partial charge in [-0.3, -0.25) is 9.59 Å². The van der Waals surface area contributed by atoms with Crippen LogP contribution in [0.5, 0.6) is 0 Å². The van der Waals surface area contributed by atoms with E-state index in [1.807, 2.05) is 12.2 Å². The van der Waals surface area contributed by atoms with Gasteiger partial charge in [0, 0.05) is 0 Å². The Hall–Kier alpha value is -1.84. The van der Waals surface area contributed by atoms with Crippen molar-refractivity contribution in [1.82, 2.24) is 0 Å². The number of carbonyl (C=O) groups is 2. The number of hydrogen-bond donors (Lipinski definition) is 2. The predicted octanol–water partition coefficient (Wildman–Crippen LogP) is 4.19. The molecule has 0 amide bonds. The fourth-order valence-electron chi connectivity index (χ4n) is 3.54. The molecule has 0 aromatic rings. The zero-order valence-corrected chi connectivity index (χ0v) is 13.1. The van der Waals surface area contributed by atoms with Gasteiger partial charge in [0.2, 0.25) is 0 Å². The molecule has 0 spiro atoms. The topological polar surface area (TPSA) is 74.6 Å². The van der Waals surface area contributed by atoms with Gasteiger partial charge in [-0.1, -0.05) is 24.3 Å². The average molecular weight is 306 g/mol. The highest BCUT2D eigenvalue weighted by atomic mass is 16.4. The molecule has 0 fully saturated rings. The summed E-state index contributed by atoms with van der Waals surface area (Å²) in [6.45, 7) is 7.31. The maximum atomic E-state index is 12.1. The highest BCUT2D eigenvalue weighted by molar-refractivity contribution is 5.87. The Morgan fingerprint density at radius 2 is 1.27 bits per heavy atom. The van der Waals surface area contributed by atoms with Crippen LogP contribution >= 0.6 is 0 Å². The van der Waals surface area contributed by atoms with E-state index in [0.29, 0.717) is 38.5 Å². The molecule has 2 N–H and O–H groups in total. The van der Waals surface area contributed by atoms with E-state index in [1.54, 1.807) is 12.2 Å². The summed E-state index contributed by atoms with van der Waals surface area (Å²) in [5.41, 5.74) is -2.48. The summed E-state index contributed by atoms with van der Waals surface area (Å²) in [7, 11) is 0. The lowest BCUT2D eigenvalue weighted by atomic mass is 9.54. The van der Waals surface area contributed by atoms with E-state index in [-0.39, 0.29) is 12.8 Å². The normalized spacial score (nSPS) is 27.3. The first-order valence-electron chi connectivity index (χ1n) is 7.80. The standard InChI is InChI=1S/C18H26O4/c1-3-5-7-11-17(15(19)20)13-9-10-14-18(17,16(21)22)12-8-6-4-2/h3-4,9-10H,1-2,5-8,11-14H2,(H,19,20)(H,21,22). The number of allylic oxidation sites excluding steroid dienone is 4. The first kappa shape index (κ1) is 18.2. The van der Waals surface area contributed by atoms with Crippen LogP contribution in [0.4, 0.5) is 0 Å². The molecule has 0 aliphatic heterocycles. The Balaban J connectivity index is 3.22. The van der Waals surface area contributed by atoms with Crippen LogP contribution in [0.1, 0.15) is 51.4 Å². The second-order valence-electron chi connectivity index (χ2n) is 6.02. The average Bonchev–Trinajstić information content (AvgIpc) is 2.48. The van der Waals surface area contributed by atoms with Crippen LogP contribution in [0.25, 0.3) is 0 Å². The fourth-order valence-corrected chi connectivity index (χ4v) is 3.54. The van der Waals surface area contributed by atoms with Gasteiger partial charge in [0.15, 0.2) is 0 Å². The molecule has 0 saturated carbocycles. The van der Waals surface area contributed by atoms with E-state index >= 15 is 0 Å². The number of unbranched alkanes of at least 4 members (excludes halogenated alkanes) is 2.